The third-order valence-electron chi connectivity index (χ3n) is 5.32. The molecule has 158 valence electrons. The van der Waals surface area contributed by atoms with Gasteiger partial charge in [0.05, 0.1) is 6.61 Å². The van der Waals surface area contributed by atoms with Crippen molar-refractivity contribution in [2.45, 2.75) is 30.9 Å². The van der Waals surface area contributed by atoms with Crippen LogP contribution in [0, 0.1) is 5.92 Å². The molecule has 0 bridgehead atoms. The minimum atomic E-state index is -3.80. The number of rotatable bonds is 5. The van der Waals surface area contributed by atoms with E-state index in [0.29, 0.717) is 18.8 Å². The van der Waals surface area contributed by atoms with Gasteiger partial charge in [-0.25, -0.2) is 8.42 Å². The summed E-state index contributed by atoms with van der Waals surface area (Å²) >= 11 is 0. The van der Waals surface area contributed by atoms with Crippen molar-refractivity contribution in [2.75, 3.05) is 33.8 Å². The maximum Gasteiger partial charge on any atom is 0.247 e. The van der Waals surface area contributed by atoms with Crippen LogP contribution in [0.3, 0.4) is 0 Å². The Hall–Kier alpha value is -1.93. The average Bonchev–Trinajstić information content (AvgIpc) is 2.70. The van der Waals surface area contributed by atoms with Gasteiger partial charge in [0.15, 0.2) is 0 Å². The fourth-order valence-corrected chi connectivity index (χ4v) is 5.44. The summed E-state index contributed by atoms with van der Waals surface area (Å²) < 4.78 is 34.6. The third kappa shape index (κ3) is 4.64. The van der Waals surface area contributed by atoms with Crippen LogP contribution in [0.2, 0.25) is 0 Å². The molecule has 6 nitrogen and oxygen atoms in total. The summed E-state index contributed by atoms with van der Waals surface area (Å²) in [7, 11) is 0.143. The Morgan fingerprint density at radius 1 is 1.17 bits per heavy atom. The molecule has 0 fully saturated rings. The maximum atomic E-state index is 13.4. The van der Waals surface area contributed by atoms with E-state index >= 15 is 0 Å². The van der Waals surface area contributed by atoms with Gasteiger partial charge < -0.3 is 14.7 Å². The van der Waals surface area contributed by atoms with Crippen molar-refractivity contribution in [1.29, 1.82) is 0 Å². The second kappa shape index (κ2) is 8.83. The number of nitrogens with zero attached hydrogens (tertiary/aromatic N) is 2. The van der Waals surface area contributed by atoms with E-state index in [4.69, 9.17) is 4.74 Å². The lowest BCUT2D eigenvalue weighted by molar-refractivity contribution is 0.0813. The molecule has 0 amide bonds. The number of likely N-dealkylation sites (N-methyl/N-ethyl adjacent to an activating group) is 1. The van der Waals surface area contributed by atoms with E-state index in [1.165, 1.54) is 4.31 Å². The predicted octanol–water partition coefficient (Wildman–Crippen LogP) is 2.68. The second-order valence-corrected chi connectivity index (χ2v) is 9.89. The third-order valence-corrected chi connectivity index (χ3v) is 7.34. The summed E-state index contributed by atoms with van der Waals surface area (Å²) in [5, 5.41) is 9.67. The predicted molar refractivity (Wildman–Crippen MR) is 114 cm³/mol. The van der Waals surface area contributed by atoms with E-state index < -0.39 is 16.1 Å². The van der Waals surface area contributed by atoms with Gasteiger partial charge >= 0.3 is 0 Å². The van der Waals surface area contributed by atoms with Crippen LogP contribution in [0.15, 0.2) is 53.4 Å². The number of sulfonamides is 1. The summed E-state index contributed by atoms with van der Waals surface area (Å²) in [6.07, 6.45) is -0.182. The first-order valence-corrected chi connectivity index (χ1v) is 11.3. The molecule has 0 spiro atoms. The van der Waals surface area contributed by atoms with Gasteiger partial charge in [-0.2, -0.15) is 4.31 Å². The lowest BCUT2D eigenvalue weighted by Crippen LogP contribution is -2.49. The average molecular weight is 419 g/mol. The number of fused-ring (bicyclic) bond motifs is 1. The number of aliphatic hydroxyl groups excluding tert-OH is 1. The second-order valence-electron chi connectivity index (χ2n) is 8.03. The molecule has 0 aromatic heterocycles. The number of hydrogen-bond acceptors (Lipinski definition) is 5. The van der Waals surface area contributed by atoms with Crippen molar-refractivity contribution < 1.29 is 18.3 Å². The number of ether oxygens (including phenoxy) is 1. The van der Waals surface area contributed by atoms with Crippen molar-refractivity contribution >= 4 is 10.0 Å². The molecule has 0 radical (unpaired) electrons. The molecule has 0 aliphatic carbocycles. The van der Waals surface area contributed by atoms with Crippen molar-refractivity contribution in [1.82, 2.24) is 9.21 Å². The Bertz CT molecular complexity index is 931. The first kappa shape index (κ1) is 21.8. The summed E-state index contributed by atoms with van der Waals surface area (Å²) in [6.45, 7) is 4.45. The van der Waals surface area contributed by atoms with Crippen LogP contribution < -0.4 is 4.74 Å². The highest BCUT2D eigenvalue weighted by Gasteiger charge is 2.37. The van der Waals surface area contributed by atoms with E-state index in [1.807, 2.05) is 68.4 Å². The zero-order valence-corrected chi connectivity index (χ0v) is 18.3. The Morgan fingerprint density at radius 2 is 1.86 bits per heavy atom. The molecule has 3 rings (SSSR count). The van der Waals surface area contributed by atoms with E-state index in [-0.39, 0.29) is 23.5 Å². The minimum Gasteiger partial charge on any atom is -0.487 e. The highest BCUT2D eigenvalue weighted by atomic mass is 32.2. The molecule has 0 saturated heterocycles. The first-order chi connectivity index (χ1) is 13.7. The van der Waals surface area contributed by atoms with Crippen LogP contribution in [0.1, 0.15) is 13.8 Å². The number of benzene rings is 2. The molecule has 1 aliphatic rings. The van der Waals surface area contributed by atoms with Crippen LogP contribution in [0.4, 0.5) is 0 Å². The SMILES string of the molecule is C[C@@H]1CN([C@H](C)CO)S(=O)(=O)c2ccc(-c3ccccc3)cc2O[C@H]1CN(C)C. The quantitative estimate of drug-likeness (QED) is 0.809. The zero-order valence-electron chi connectivity index (χ0n) is 17.4. The van der Waals surface area contributed by atoms with E-state index in [9.17, 15) is 13.5 Å². The largest absolute Gasteiger partial charge is 0.487 e. The van der Waals surface area contributed by atoms with Gasteiger partial charge in [-0.3, -0.25) is 0 Å². The Morgan fingerprint density at radius 3 is 2.48 bits per heavy atom. The number of hydrogen-bond donors (Lipinski definition) is 1. The molecule has 7 heteroatoms. The first-order valence-electron chi connectivity index (χ1n) is 9.87. The molecule has 2 aromatic rings. The van der Waals surface area contributed by atoms with Crippen LogP contribution in [0.5, 0.6) is 5.75 Å². The summed E-state index contributed by atoms with van der Waals surface area (Å²) in [5.74, 6) is 0.314. The molecule has 0 unspecified atom stereocenters. The fourth-order valence-electron chi connectivity index (χ4n) is 3.61. The van der Waals surface area contributed by atoms with Crippen LogP contribution in [-0.2, 0) is 10.0 Å². The Kier molecular flexibility index (Phi) is 6.63. The molecule has 29 heavy (non-hydrogen) atoms. The highest BCUT2D eigenvalue weighted by molar-refractivity contribution is 7.89. The van der Waals surface area contributed by atoms with Gasteiger partial charge in [-0.1, -0.05) is 43.3 Å². The minimum absolute atomic E-state index is 0.0466. The molecule has 2 aromatic carbocycles. The Balaban J connectivity index is 2.14. The number of aliphatic hydroxyl groups is 1. The highest BCUT2D eigenvalue weighted by Crippen LogP contribution is 2.36. The van der Waals surface area contributed by atoms with E-state index in [2.05, 4.69) is 0 Å². The van der Waals surface area contributed by atoms with Crippen molar-refractivity contribution in [3.05, 3.63) is 48.5 Å². The summed E-state index contributed by atoms with van der Waals surface area (Å²) in [6, 6.07) is 14.5. The van der Waals surface area contributed by atoms with Gasteiger partial charge in [0.25, 0.3) is 0 Å². The van der Waals surface area contributed by atoms with E-state index in [1.54, 1.807) is 13.0 Å². The fraction of sp³-hybridized carbons (Fsp3) is 0.455. The molecule has 1 heterocycles. The molecular formula is C22H30N2O4S. The van der Waals surface area contributed by atoms with Crippen LogP contribution in [0.25, 0.3) is 11.1 Å². The molecule has 1 aliphatic heterocycles. The van der Waals surface area contributed by atoms with Crippen molar-refractivity contribution in [3.63, 3.8) is 0 Å². The normalized spacial score (nSPS) is 23.0. The van der Waals surface area contributed by atoms with Gasteiger partial charge in [0, 0.05) is 25.0 Å². The van der Waals surface area contributed by atoms with Gasteiger partial charge in [0.2, 0.25) is 10.0 Å². The van der Waals surface area contributed by atoms with Gasteiger partial charge in [0.1, 0.15) is 16.7 Å². The van der Waals surface area contributed by atoms with Crippen LogP contribution >= 0.6 is 0 Å². The Labute approximate surface area is 173 Å². The van der Waals surface area contributed by atoms with Crippen LogP contribution in [-0.4, -0.2) is 68.7 Å². The monoisotopic (exact) mass is 418 g/mol. The van der Waals surface area contributed by atoms with Crippen molar-refractivity contribution in [2.24, 2.45) is 5.92 Å². The standard InChI is InChI=1S/C22H30N2O4S/c1-16-13-24(17(2)15-25)29(26,27)22-11-10-19(18-8-6-5-7-9-18)12-20(22)28-21(16)14-23(3)4/h5-12,16-17,21,25H,13-15H2,1-4H3/t16-,17-,21+/m1/s1. The molecule has 0 saturated carbocycles. The smallest absolute Gasteiger partial charge is 0.247 e. The molecule has 3 atom stereocenters. The summed E-state index contributed by atoms with van der Waals surface area (Å²) in [5.41, 5.74) is 1.90. The molecule has 1 N–H and O–H groups in total. The van der Waals surface area contributed by atoms with E-state index in [0.717, 1.165) is 11.1 Å². The van der Waals surface area contributed by atoms with Crippen molar-refractivity contribution in [3.8, 4) is 16.9 Å². The van der Waals surface area contributed by atoms with Gasteiger partial charge in [-0.05, 0) is 44.3 Å². The lowest BCUT2D eigenvalue weighted by Gasteiger charge is -2.37. The van der Waals surface area contributed by atoms with Gasteiger partial charge in [-0.15, -0.1) is 0 Å². The summed E-state index contributed by atoms with van der Waals surface area (Å²) in [4.78, 5) is 2.19. The topological polar surface area (TPSA) is 70.1 Å². The molecular weight excluding hydrogens is 388 g/mol. The lowest BCUT2D eigenvalue weighted by atomic mass is 10.0. The zero-order chi connectivity index (χ0) is 21.2. The maximum absolute atomic E-state index is 13.4.